The lowest BCUT2D eigenvalue weighted by molar-refractivity contribution is 0.662. The Morgan fingerprint density at radius 1 is 0.490 bits per heavy atom. The van der Waals surface area contributed by atoms with Crippen LogP contribution in [0.2, 0.25) is 0 Å². The number of fused-ring (bicyclic) bond motifs is 12. The van der Waals surface area contributed by atoms with Gasteiger partial charge in [0.15, 0.2) is 11.2 Å². The predicted octanol–water partition coefficient (Wildman–Crippen LogP) is 24.4. The molecule has 6 heteroatoms. The number of aryl methyl sites for hydroxylation is 3. The Morgan fingerprint density at radius 3 is 1.84 bits per heavy atom. The minimum atomic E-state index is 0.0338. The zero-order valence-corrected chi connectivity index (χ0v) is 56.3. The Labute approximate surface area is 579 Å². The van der Waals surface area contributed by atoms with Crippen molar-refractivity contribution in [2.24, 2.45) is 0 Å². The number of aromatic nitrogens is 2. The molecule has 17 aromatic rings. The molecule has 0 spiro atoms. The molecule has 5 aromatic heterocycles. The second-order valence-corrected chi connectivity index (χ2v) is 27.3. The van der Waals surface area contributed by atoms with Crippen LogP contribution in [-0.2, 0) is 0 Å². The Morgan fingerprint density at radius 2 is 1.11 bits per heavy atom. The molecule has 2 aliphatic carbocycles. The first-order valence-corrected chi connectivity index (χ1v) is 34.9. The maximum Gasteiger partial charge on any atom is 0.159 e. The maximum atomic E-state index is 7.30. The number of allylic oxidation sites excluding steroid dienone is 7. The minimum absolute atomic E-state index is 0.0338. The van der Waals surface area contributed by atoms with Crippen molar-refractivity contribution in [3.05, 3.63) is 324 Å². The van der Waals surface area contributed by atoms with E-state index < -0.39 is 0 Å². The molecule has 0 saturated carbocycles. The summed E-state index contributed by atoms with van der Waals surface area (Å²) in [4.78, 5) is 8.88. The van der Waals surface area contributed by atoms with Gasteiger partial charge in [0.25, 0.3) is 0 Å². The quantitative estimate of drug-likeness (QED) is 0.132. The molecule has 100 heavy (non-hydrogen) atoms. The largest absolute Gasteiger partial charge is 0.453 e. The molecule has 19 rings (SSSR count). The lowest BCUT2D eigenvalue weighted by Crippen LogP contribution is -2.30. The van der Waals surface area contributed by atoms with Gasteiger partial charge in [-0.1, -0.05) is 250 Å². The van der Waals surface area contributed by atoms with E-state index in [-0.39, 0.29) is 6.04 Å². The number of hydrogen-bond donors (Lipinski definition) is 1. The summed E-state index contributed by atoms with van der Waals surface area (Å²) < 4.78 is 17.0. The molecule has 1 unspecified atom stereocenters. The normalized spacial score (nSPS) is 14.4. The second-order valence-electron chi connectivity index (χ2n) is 27.3. The number of H-pyrrole nitrogens is 1. The minimum Gasteiger partial charge on any atom is -0.453 e. The summed E-state index contributed by atoms with van der Waals surface area (Å²) in [6.45, 7) is 19.0. The van der Waals surface area contributed by atoms with Gasteiger partial charge in [-0.15, -0.1) is 0 Å². The first-order valence-electron chi connectivity index (χ1n) is 34.9. The molecular weight excluding hydrogens is 1220 g/mol. The number of benzene rings is 12. The van der Waals surface area contributed by atoms with E-state index in [0.29, 0.717) is 0 Å². The first kappa shape index (κ1) is 58.9. The van der Waals surface area contributed by atoms with Crippen LogP contribution in [0.4, 0.5) is 22.7 Å². The van der Waals surface area contributed by atoms with Crippen LogP contribution >= 0.6 is 0 Å². The van der Waals surface area contributed by atoms with E-state index in [1.165, 1.54) is 27.7 Å². The number of furan rings is 2. The van der Waals surface area contributed by atoms with Crippen LogP contribution in [0.15, 0.2) is 300 Å². The third kappa shape index (κ3) is 9.03. The number of rotatable bonds is 12. The van der Waals surface area contributed by atoms with Crippen LogP contribution in [0.25, 0.3) is 156 Å². The average molecular weight is 1290 g/mol. The summed E-state index contributed by atoms with van der Waals surface area (Å²) in [5.41, 5.74) is 29.0. The van der Waals surface area contributed by atoms with E-state index in [2.05, 4.69) is 326 Å². The molecular formula is C94H70N4O2. The molecule has 0 aliphatic heterocycles. The summed E-state index contributed by atoms with van der Waals surface area (Å²) in [6.07, 6.45) is 18.6. The molecule has 0 amide bonds. The van der Waals surface area contributed by atoms with E-state index in [4.69, 9.17) is 22.0 Å². The summed E-state index contributed by atoms with van der Waals surface area (Å²) in [7, 11) is 0. The molecule has 0 fully saturated rings. The van der Waals surface area contributed by atoms with Gasteiger partial charge >= 0.3 is 0 Å². The summed E-state index contributed by atoms with van der Waals surface area (Å²) in [6, 6.07) is 86.3. The molecule has 0 saturated heterocycles. The van der Waals surface area contributed by atoms with Crippen LogP contribution in [0.5, 0.6) is 0 Å². The van der Waals surface area contributed by atoms with Gasteiger partial charge in [0.05, 0.1) is 34.0 Å². The highest BCUT2D eigenvalue weighted by atomic mass is 16.3. The van der Waals surface area contributed by atoms with Crippen molar-refractivity contribution in [1.82, 2.24) is 9.38 Å². The third-order valence-corrected chi connectivity index (χ3v) is 21.5. The fraction of sp³-hybridized carbons (Fsp3) is 0.0851. The van der Waals surface area contributed by atoms with E-state index in [1.54, 1.807) is 0 Å². The highest BCUT2D eigenvalue weighted by Gasteiger charge is 2.31. The van der Waals surface area contributed by atoms with Crippen molar-refractivity contribution in [2.75, 3.05) is 9.80 Å². The number of nitrogens with zero attached hydrogens (tertiary/aromatic N) is 3. The molecule has 0 radical (unpaired) electrons. The fourth-order valence-electron chi connectivity index (χ4n) is 16.8. The predicted molar refractivity (Wildman–Crippen MR) is 423 cm³/mol. The summed E-state index contributed by atoms with van der Waals surface area (Å²) in [5.74, 6) is 0. The van der Waals surface area contributed by atoms with Gasteiger partial charge in [-0.3, -0.25) is 0 Å². The van der Waals surface area contributed by atoms with E-state index >= 15 is 0 Å². The number of hydrogen-bond acceptors (Lipinski definition) is 4. The van der Waals surface area contributed by atoms with Gasteiger partial charge in [0.1, 0.15) is 11.2 Å². The zero-order chi connectivity index (χ0) is 67.0. The Bertz CT molecular complexity index is 6530. The maximum absolute atomic E-state index is 7.30. The van der Waals surface area contributed by atoms with Crippen molar-refractivity contribution in [3.8, 4) is 44.5 Å². The molecule has 478 valence electrons. The fourth-order valence-corrected chi connectivity index (χ4v) is 16.8. The highest BCUT2D eigenvalue weighted by molar-refractivity contribution is 6.26. The summed E-state index contributed by atoms with van der Waals surface area (Å²) in [5, 5.41) is 12.0. The molecule has 1 atom stereocenters. The van der Waals surface area contributed by atoms with Crippen LogP contribution in [0.1, 0.15) is 48.4 Å². The van der Waals surface area contributed by atoms with Gasteiger partial charge < -0.3 is 28.0 Å². The summed E-state index contributed by atoms with van der Waals surface area (Å²) >= 11 is 0. The first-order chi connectivity index (χ1) is 49.1. The van der Waals surface area contributed by atoms with Crippen molar-refractivity contribution in [3.63, 3.8) is 0 Å². The van der Waals surface area contributed by atoms with E-state index in [1.807, 2.05) is 0 Å². The number of aromatic amines is 1. The van der Waals surface area contributed by atoms with Crippen molar-refractivity contribution in [2.45, 2.75) is 53.0 Å². The van der Waals surface area contributed by atoms with Crippen molar-refractivity contribution < 1.29 is 8.83 Å². The van der Waals surface area contributed by atoms with Crippen LogP contribution in [0, 0.1) is 20.8 Å². The third-order valence-electron chi connectivity index (χ3n) is 21.5. The monoisotopic (exact) mass is 1290 g/mol. The zero-order valence-electron chi connectivity index (χ0n) is 56.3. The second kappa shape index (κ2) is 23.1. The average Bonchev–Trinajstić information content (AvgIpc) is 1.52. The van der Waals surface area contributed by atoms with Gasteiger partial charge in [0, 0.05) is 104 Å². The van der Waals surface area contributed by atoms with Crippen molar-refractivity contribution >= 4 is 134 Å². The molecule has 6 nitrogen and oxygen atoms in total. The standard InChI is InChI=1S/C94H70N4O2/c1-56-27-19-21-37-67(56)72-42-25-44-74-76-50-47-58(3)87(93(76)99-91(72)74)96(64-33-15-9-16-34-64)60(5)53-79-61(6)97-89-71(79)41-24-46-78(89)85-80(62-29-11-7-12-30-62)55-82(84(90(85)97)63-31-13-8-14-32-63)70-40-23-39-69-81-54-66(49-52-83(81)95-86(69)70)98(65-35-17-10-18-36-65)88-59(4)48-51-77-75-45-26-43-73(92(75)100-94(77)88)68-38-22-20-28-57(68)2/h7-21,23-35,37,39-55,65,95H,5-6,22,36,38H2,1-4H3/b79-53+. The van der Waals surface area contributed by atoms with E-state index in [9.17, 15) is 0 Å². The highest BCUT2D eigenvalue weighted by Crippen LogP contribution is 2.52. The van der Waals surface area contributed by atoms with Crippen molar-refractivity contribution in [1.29, 1.82) is 0 Å². The number of para-hydroxylation sites is 5. The van der Waals surface area contributed by atoms with Crippen LogP contribution in [-0.4, -0.2) is 15.4 Å². The smallest absolute Gasteiger partial charge is 0.159 e. The molecule has 12 aromatic carbocycles. The molecule has 2 aliphatic rings. The topological polar surface area (TPSA) is 53.0 Å². The van der Waals surface area contributed by atoms with Crippen LogP contribution < -0.4 is 20.4 Å². The van der Waals surface area contributed by atoms with E-state index in [0.717, 1.165) is 201 Å². The number of anilines is 4. The van der Waals surface area contributed by atoms with Gasteiger partial charge in [-0.05, 0) is 145 Å². The number of nitrogens with one attached hydrogen (secondary N) is 1. The lowest BCUT2D eigenvalue weighted by atomic mass is 9.86. The lowest BCUT2D eigenvalue weighted by Gasteiger charge is -2.33. The van der Waals surface area contributed by atoms with Gasteiger partial charge in [-0.2, -0.15) is 0 Å². The Hall–Kier alpha value is -12.4. The van der Waals surface area contributed by atoms with Gasteiger partial charge in [0.2, 0.25) is 0 Å². The van der Waals surface area contributed by atoms with Crippen LogP contribution in [0.3, 0.4) is 0 Å². The Kier molecular flexibility index (Phi) is 13.6. The van der Waals surface area contributed by atoms with Gasteiger partial charge in [-0.25, -0.2) is 0 Å². The molecule has 1 N–H and O–H groups in total. The molecule has 5 heterocycles. The SMILES string of the molecule is C=C(/C=c1\c(=C)n2c3c(-c4ccccc4)c(-c4cccc5c4[nH]c4ccc(N(c6c(C)ccc7c6oc6c(C8=C(C)C=CCC8)cccc67)C6C=CC=CC6)cc45)cc(-c4ccccc4)c3c3cccc1c32)N(c1ccccc1)c1c(C)ccc2c1oc1c(-c3ccccc3C)cccc12. The Balaban J connectivity index is 0.821. The molecule has 0 bridgehead atoms.